The van der Waals surface area contributed by atoms with Gasteiger partial charge in [0.25, 0.3) is 0 Å². The molecule has 0 radical (unpaired) electrons. The van der Waals surface area contributed by atoms with Crippen LogP contribution in [0, 0.1) is 17.5 Å². The highest BCUT2D eigenvalue weighted by molar-refractivity contribution is 5.37. The number of hydrogen-bond donors (Lipinski definition) is 2. The van der Waals surface area contributed by atoms with Crippen molar-refractivity contribution in [1.82, 2.24) is 5.43 Å². The summed E-state index contributed by atoms with van der Waals surface area (Å²) in [6, 6.07) is 7.23. The van der Waals surface area contributed by atoms with Gasteiger partial charge in [-0.2, -0.15) is 0 Å². The summed E-state index contributed by atoms with van der Waals surface area (Å²) >= 11 is 0. The Bertz CT molecular complexity index is 634. The lowest BCUT2D eigenvalue weighted by Gasteiger charge is -2.19. The molecular formula is C15H15F3N2O. The summed E-state index contributed by atoms with van der Waals surface area (Å²) in [4.78, 5) is 0. The van der Waals surface area contributed by atoms with E-state index in [0.717, 1.165) is 6.07 Å². The van der Waals surface area contributed by atoms with Gasteiger partial charge in [-0.25, -0.2) is 13.2 Å². The maximum Gasteiger partial charge on any atom is 0.162 e. The normalized spacial score (nSPS) is 12.2. The Morgan fingerprint density at radius 1 is 1.19 bits per heavy atom. The van der Waals surface area contributed by atoms with Gasteiger partial charge in [-0.1, -0.05) is 12.1 Å². The highest BCUT2D eigenvalue weighted by Crippen LogP contribution is 2.29. The molecule has 1 atom stereocenters. The molecule has 2 aromatic carbocycles. The smallest absolute Gasteiger partial charge is 0.162 e. The predicted octanol–water partition coefficient (Wildman–Crippen LogP) is 2.86. The van der Waals surface area contributed by atoms with Crippen LogP contribution >= 0.6 is 0 Å². The Hall–Kier alpha value is -2.05. The van der Waals surface area contributed by atoms with Crippen LogP contribution in [0.25, 0.3) is 0 Å². The number of benzene rings is 2. The Morgan fingerprint density at radius 2 is 1.95 bits per heavy atom. The van der Waals surface area contributed by atoms with Gasteiger partial charge < -0.3 is 4.74 Å². The minimum Gasteiger partial charge on any atom is -0.496 e. The van der Waals surface area contributed by atoms with E-state index < -0.39 is 23.5 Å². The minimum atomic E-state index is -0.937. The number of rotatable bonds is 5. The fourth-order valence-corrected chi connectivity index (χ4v) is 2.16. The molecule has 21 heavy (non-hydrogen) atoms. The largest absolute Gasteiger partial charge is 0.496 e. The number of nitrogens with two attached hydrogens (primary N) is 1. The Balaban J connectivity index is 2.36. The van der Waals surface area contributed by atoms with Crippen LogP contribution < -0.4 is 16.0 Å². The number of halogens is 3. The number of methoxy groups -OCH3 is 1. The van der Waals surface area contributed by atoms with Crippen molar-refractivity contribution in [3.05, 3.63) is 65.0 Å². The Labute approximate surface area is 120 Å². The molecule has 112 valence electrons. The molecule has 0 aliphatic heterocycles. The summed E-state index contributed by atoms with van der Waals surface area (Å²) in [5.41, 5.74) is 3.06. The van der Waals surface area contributed by atoms with Crippen molar-refractivity contribution in [2.45, 2.75) is 12.5 Å². The maximum absolute atomic E-state index is 13.7. The van der Waals surface area contributed by atoms with Crippen LogP contribution in [0.5, 0.6) is 5.75 Å². The van der Waals surface area contributed by atoms with Gasteiger partial charge in [0, 0.05) is 5.56 Å². The lowest BCUT2D eigenvalue weighted by molar-refractivity contribution is 0.396. The molecule has 6 heteroatoms. The van der Waals surface area contributed by atoms with Gasteiger partial charge in [0.05, 0.1) is 13.2 Å². The van der Waals surface area contributed by atoms with Crippen LogP contribution in [0.2, 0.25) is 0 Å². The minimum absolute atomic E-state index is 0.0555. The molecular weight excluding hydrogens is 281 g/mol. The summed E-state index contributed by atoms with van der Waals surface area (Å²) in [5, 5.41) is 0. The third kappa shape index (κ3) is 3.34. The van der Waals surface area contributed by atoms with Crippen molar-refractivity contribution < 1.29 is 17.9 Å². The SMILES string of the molecule is COc1ccc(F)cc1C(Cc1cccc(F)c1F)NN. The first-order chi connectivity index (χ1) is 10.1. The molecule has 0 aromatic heterocycles. The number of hydrogen-bond acceptors (Lipinski definition) is 3. The zero-order valence-corrected chi connectivity index (χ0v) is 11.4. The zero-order valence-electron chi connectivity index (χ0n) is 11.4. The highest BCUT2D eigenvalue weighted by Gasteiger charge is 2.19. The van der Waals surface area contributed by atoms with Crippen LogP contribution in [0.1, 0.15) is 17.2 Å². The predicted molar refractivity (Wildman–Crippen MR) is 73.1 cm³/mol. The van der Waals surface area contributed by atoms with Gasteiger partial charge in [-0.05, 0) is 36.2 Å². The molecule has 3 nitrogen and oxygen atoms in total. The second-order valence-electron chi connectivity index (χ2n) is 4.52. The molecule has 0 saturated heterocycles. The first kappa shape index (κ1) is 15.3. The molecule has 0 fully saturated rings. The van der Waals surface area contributed by atoms with Gasteiger partial charge in [0.15, 0.2) is 11.6 Å². The highest BCUT2D eigenvalue weighted by atomic mass is 19.2. The third-order valence-corrected chi connectivity index (χ3v) is 3.22. The van der Waals surface area contributed by atoms with E-state index in [2.05, 4.69) is 5.43 Å². The molecule has 0 spiro atoms. The van der Waals surface area contributed by atoms with E-state index in [-0.39, 0.29) is 12.0 Å². The second kappa shape index (κ2) is 6.60. The topological polar surface area (TPSA) is 47.3 Å². The number of hydrazine groups is 1. The van der Waals surface area contributed by atoms with Crippen molar-refractivity contribution in [3.63, 3.8) is 0 Å². The fourth-order valence-electron chi connectivity index (χ4n) is 2.16. The standard InChI is InChI=1S/C15H15F3N2O/c1-21-14-6-5-10(16)8-11(14)13(20-19)7-9-3-2-4-12(17)15(9)18/h2-6,8,13,20H,7,19H2,1H3. The first-order valence-corrected chi connectivity index (χ1v) is 6.29. The number of nitrogens with one attached hydrogen (secondary N) is 1. The van der Waals surface area contributed by atoms with E-state index in [1.165, 1.54) is 37.4 Å². The van der Waals surface area contributed by atoms with Gasteiger partial charge in [0.1, 0.15) is 11.6 Å². The van der Waals surface area contributed by atoms with Crippen molar-refractivity contribution in [1.29, 1.82) is 0 Å². The van der Waals surface area contributed by atoms with E-state index in [1.807, 2.05) is 0 Å². The van der Waals surface area contributed by atoms with E-state index in [1.54, 1.807) is 0 Å². The summed E-state index contributed by atoms with van der Waals surface area (Å²) in [5.74, 6) is 3.54. The first-order valence-electron chi connectivity index (χ1n) is 6.29. The van der Waals surface area contributed by atoms with Crippen molar-refractivity contribution in [2.24, 2.45) is 5.84 Å². The summed E-state index contributed by atoms with van der Waals surface area (Å²) in [6.45, 7) is 0. The zero-order chi connectivity index (χ0) is 15.4. The van der Waals surface area contributed by atoms with Crippen LogP contribution in [0.15, 0.2) is 36.4 Å². The summed E-state index contributed by atoms with van der Waals surface area (Å²) < 4.78 is 45.5. The second-order valence-corrected chi connectivity index (χ2v) is 4.52. The van der Waals surface area contributed by atoms with Gasteiger partial charge >= 0.3 is 0 Å². The summed E-state index contributed by atoms with van der Waals surface area (Å²) in [6.07, 6.45) is 0.0555. The van der Waals surface area contributed by atoms with Gasteiger partial charge in [-0.15, -0.1) is 0 Å². The van der Waals surface area contributed by atoms with E-state index >= 15 is 0 Å². The molecule has 1 unspecified atom stereocenters. The maximum atomic E-state index is 13.7. The third-order valence-electron chi connectivity index (χ3n) is 3.22. The fraction of sp³-hybridized carbons (Fsp3) is 0.200. The number of ether oxygens (including phenoxy) is 1. The lowest BCUT2D eigenvalue weighted by Crippen LogP contribution is -2.30. The quantitative estimate of drug-likeness (QED) is 0.659. The molecule has 0 heterocycles. The molecule has 0 bridgehead atoms. The Kier molecular flexibility index (Phi) is 4.82. The van der Waals surface area contributed by atoms with E-state index in [4.69, 9.17) is 10.6 Å². The average Bonchev–Trinajstić information content (AvgIpc) is 2.49. The van der Waals surface area contributed by atoms with Crippen LogP contribution in [0.3, 0.4) is 0 Å². The van der Waals surface area contributed by atoms with Crippen molar-refractivity contribution in [3.8, 4) is 5.75 Å². The molecule has 0 aliphatic carbocycles. The van der Waals surface area contributed by atoms with Crippen molar-refractivity contribution in [2.75, 3.05) is 7.11 Å². The van der Waals surface area contributed by atoms with E-state index in [9.17, 15) is 13.2 Å². The van der Waals surface area contributed by atoms with Gasteiger partial charge in [0.2, 0.25) is 0 Å². The van der Waals surface area contributed by atoms with Crippen molar-refractivity contribution >= 4 is 0 Å². The molecule has 0 saturated carbocycles. The summed E-state index contributed by atoms with van der Waals surface area (Å²) in [7, 11) is 1.44. The van der Waals surface area contributed by atoms with Crippen LogP contribution in [-0.4, -0.2) is 7.11 Å². The monoisotopic (exact) mass is 296 g/mol. The molecule has 3 N–H and O–H groups in total. The van der Waals surface area contributed by atoms with Gasteiger partial charge in [-0.3, -0.25) is 11.3 Å². The van der Waals surface area contributed by atoms with Crippen LogP contribution in [0.4, 0.5) is 13.2 Å². The average molecular weight is 296 g/mol. The van der Waals surface area contributed by atoms with E-state index in [0.29, 0.717) is 11.3 Å². The molecule has 2 rings (SSSR count). The molecule has 0 amide bonds. The molecule has 2 aromatic rings. The Morgan fingerprint density at radius 3 is 2.62 bits per heavy atom. The molecule has 0 aliphatic rings. The van der Waals surface area contributed by atoms with Crippen LogP contribution in [-0.2, 0) is 6.42 Å². The lowest BCUT2D eigenvalue weighted by atomic mass is 9.98.